The molecule has 3 rings (SSSR count). The molecule has 134 valence electrons. The third kappa shape index (κ3) is 4.17. The number of rotatable bonds is 7. The average molecular weight is 349 g/mol. The summed E-state index contributed by atoms with van der Waals surface area (Å²) < 4.78 is 5.27. The monoisotopic (exact) mass is 349 g/mol. The molecule has 0 unspecified atom stereocenters. The highest BCUT2D eigenvalue weighted by atomic mass is 16.5. The zero-order chi connectivity index (χ0) is 18.4. The van der Waals surface area contributed by atoms with Gasteiger partial charge in [0.25, 0.3) is 0 Å². The maximum Gasteiger partial charge on any atom is 0.227 e. The minimum absolute atomic E-state index is 0.0416. The first-order chi connectivity index (χ1) is 12.7. The van der Waals surface area contributed by atoms with Gasteiger partial charge in [0.05, 0.1) is 0 Å². The standard InChI is InChI=1S/C21H23N3O2/c1-3-15-11-8-12-16(4-2)20(15)22-18(25)13-14-19-23-21(24-26-19)17-9-6-5-7-10-17/h5-12H,3-4,13-14H2,1-2H3,(H,22,25). The van der Waals surface area contributed by atoms with Crippen molar-refractivity contribution in [3.8, 4) is 11.4 Å². The van der Waals surface area contributed by atoms with Crippen molar-refractivity contribution < 1.29 is 9.32 Å². The Hall–Kier alpha value is -2.95. The van der Waals surface area contributed by atoms with Crippen LogP contribution < -0.4 is 5.32 Å². The number of aromatic nitrogens is 2. The predicted octanol–water partition coefficient (Wildman–Crippen LogP) is 4.43. The Balaban J connectivity index is 1.63. The lowest BCUT2D eigenvalue weighted by atomic mass is 10.0. The molecule has 1 amide bonds. The van der Waals surface area contributed by atoms with Gasteiger partial charge in [-0.05, 0) is 24.0 Å². The lowest BCUT2D eigenvalue weighted by Crippen LogP contribution is -2.15. The number of benzene rings is 2. The molecule has 0 atom stereocenters. The fourth-order valence-corrected chi connectivity index (χ4v) is 2.89. The van der Waals surface area contributed by atoms with Crippen LogP contribution in [-0.4, -0.2) is 16.0 Å². The summed E-state index contributed by atoms with van der Waals surface area (Å²) in [5, 5.41) is 7.05. The number of hydrogen-bond acceptors (Lipinski definition) is 4. The molecule has 5 heteroatoms. The van der Waals surface area contributed by atoms with Crippen LogP contribution in [0.2, 0.25) is 0 Å². The molecular weight excluding hydrogens is 326 g/mol. The van der Waals surface area contributed by atoms with Crippen LogP contribution in [0.3, 0.4) is 0 Å². The molecule has 0 radical (unpaired) electrons. The van der Waals surface area contributed by atoms with Crippen LogP contribution in [-0.2, 0) is 24.1 Å². The normalized spacial score (nSPS) is 10.7. The third-order valence-electron chi connectivity index (χ3n) is 4.33. The van der Waals surface area contributed by atoms with E-state index in [0.717, 1.165) is 35.2 Å². The van der Waals surface area contributed by atoms with Gasteiger partial charge in [0, 0.05) is 24.1 Å². The second-order valence-electron chi connectivity index (χ2n) is 6.08. The zero-order valence-electron chi connectivity index (χ0n) is 15.2. The molecule has 5 nitrogen and oxygen atoms in total. The van der Waals surface area contributed by atoms with Gasteiger partial charge in [-0.2, -0.15) is 4.98 Å². The fourth-order valence-electron chi connectivity index (χ4n) is 2.89. The molecule has 1 aromatic heterocycles. The van der Waals surface area contributed by atoms with E-state index < -0.39 is 0 Å². The van der Waals surface area contributed by atoms with Crippen LogP contribution in [0.5, 0.6) is 0 Å². The maximum atomic E-state index is 12.4. The van der Waals surface area contributed by atoms with E-state index in [1.165, 1.54) is 0 Å². The fraction of sp³-hybridized carbons (Fsp3) is 0.286. The maximum absolute atomic E-state index is 12.4. The van der Waals surface area contributed by atoms with Crippen molar-refractivity contribution in [3.63, 3.8) is 0 Å². The third-order valence-corrected chi connectivity index (χ3v) is 4.33. The summed E-state index contributed by atoms with van der Waals surface area (Å²) in [6.45, 7) is 4.18. The van der Waals surface area contributed by atoms with E-state index in [0.29, 0.717) is 24.6 Å². The molecule has 0 spiro atoms. The number of anilines is 1. The van der Waals surface area contributed by atoms with Gasteiger partial charge in [-0.1, -0.05) is 67.5 Å². The number of para-hydroxylation sites is 1. The second-order valence-corrected chi connectivity index (χ2v) is 6.08. The van der Waals surface area contributed by atoms with E-state index >= 15 is 0 Å². The first-order valence-electron chi connectivity index (χ1n) is 8.99. The van der Waals surface area contributed by atoms with Gasteiger partial charge in [-0.3, -0.25) is 4.79 Å². The van der Waals surface area contributed by atoms with E-state index in [1.54, 1.807) is 0 Å². The Kier molecular flexibility index (Phi) is 5.79. The first-order valence-corrected chi connectivity index (χ1v) is 8.99. The van der Waals surface area contributed by atoms with Gasteiger partial charge >= 0.3 is 0 Å². The smallest absolute Gasteiger partial charge is 0.227 e. The lowest BCUT2D eigenvalue weighted by Gasteiger charge is -2.14. The summed E-state index contributed by atoms with van der Waals surface area (Å²) in [7, 11) is 0. The van der Waals surface area contributed by atoms with Crippen molar-refractivity contribution in [2.45, 2.75) is 39.5 Å². The van der Waals surface area contributed by atoms with Crippen molar-refractivity contribution in [2.24, 2.45) is 0 Å². The second kappa shape index (κ2) is 8.43. The highest BCUT2D eigenvalue weighted by Crippen LogP contribution is 2.23. The number of carbonyl (C=O) groups is 1. The van der Waals surface area contributed by atoms with Crippen molar-refractivity contribution in [2.75, 3.05) is 5.32 Å². The zero-order valence-corrected chi connectivity index (χ0v) is 15.2. The molecule has 3 aromatic rings. The van der Waals surface area contributed by atoms with Crippen LogP contribution in [0.1, 0.15) is 37.3 Å². The van der Waals surface area contributed by atoms with Crippen LogP contribution in [0, 0.1) is 0 Å². The average Bonchev–Trinajstić information content (AvgIpc) is 3.16. The van der Waals surface area contributed by atoms with E-state index in [9.17, 15) is 4.79 Å². The highest BCUT2D eigenvalue weighted by Gasteiger charge is 2.13. The van der Waals surface area contributed by atoms with Gasteiger partial charge in [0.2, 0.25) is 17.6 Å². The molecular formula is C21H23N3O2. The quantitative estimate of drug-likeness (QED) is 0.685. The topological polar surface area (TPSA) is 68.0 Å². The number of amides is 1. The molecule has 0 saturated carbocycles. The summed E-state index contributed by atoms with van der Waals surface area (Å²) in [6, 6.07) is 15.8. The number of aryl methyl sites for hydroxylation is 3. The first kappa shape index (κ1) is 17.9. The highest BCUT2D eigenvalue weighted by molar-refractivity contribution is 5.92. The molecule has 0 aliphatic carbocycles. The van der Waals surface area contributed by atoms with Crippen LogP contribution >= 0.6 is 0 Å². The summed E-state index contributed by atoms with van der Waals surface area (Å²) in [5.74, 6) is 0.976. The van der Waals surface area contributed by atoms with Crippen molar-refractivity contribution >= 4 is 11.6 Å². The van der Waals surface area contributed by atoms with Crippen molar-refractivity contribution in [1.82, 2.24) is 10.1 Å². The van der Waals surface area contributed by atoms with E-state index in [4.69, 9.17) is 4.52 Å². The summed E-state index contributed by atoms with van der Waals surface area (Å²) in [4.78, 5) is 16.8. The molecule has 1 heterocycles. The molecule has 2 aromatic carbocycles. The molecule has 0 bridgehead atoms. The summed E-state index contributed by atoms with van der Waals surface area (Å²) >= 11 is 0. The minimum Gasteiger partial charge on any atom is -0.339 e. The Bertz CT molecular complexity index is 850. The van der Waals surface area contributed by atoms with Crippen molar-refractivity contribution in [1.29, 1.82) is 0 Å². The van der Waals surface area contributed by atoms with Crippen LogP contribution in [0.4, 0.5) is 5.69 Å². The SMILES string of the molecule is CCc1cccc(CC)c1NC(=O)CCc1nc(-c2ccccc2)no1. The minimum atomic E-state index is -0.0416. The Labute approximate surface area is 153 Å². The van der Waals surface area contributed by atoms with Gasteiger partial charge in [0.1, 0.15) is 0 Å². The number of carbonyl (C=O) groups excluding carboxylic acids is 1. The van der Waals surface area contributed by atoms with Gasteiger partial charge in [-0.15, -0.1) is 0 Å². The number of nitrogens with zero attached hydrogens (tertiary/aromatic N) is 2. The van der Waals surface area contributed by atoms with E-state index in [1.807, 2.05) is 36.4 Å². The van der Waals surface area contributed by atoms with Crippen LogP contribution in [0.25, 0.3) is 11.4 Å². The summed E-state index contributed by atoms with van der Waals surface area (Å²) in [6.07, 6.45) is 2.49. The molecule has 1 N–H and O–H groups in total. The van der Waals surface area contributed by atoms with E-state index in [-0.39, 0.29) is 5.91 Å². The van der Waals surface area contributed by atoms with Gasteiger partial charge < -0.3 is 9.84 Å². The predicted molar refractivity (Wildman–Crippen MR) is 102 cm³/mol. The van der Waals surface area contributed by atoms with E-state index in [2.05, 4.69) is 41.4 Å². The van der Waals surface area contributed by atoms with Gasteiger partial charge in [0.15, 0.2) is 0 Å². The van der Waals surface area contributed by atoms with Crippen LogP contribution in [0.15, 0.2) is 53.1 Å². The molecule has 0 saturated heterocycles. The Morgan fingerprint density at radius 1 is 1.00 bits per heavy atom. The summed E-state index contributed by atoms with van der Waals surface area (Å²) in [5.41, 5.74) is 4.15. The Morgan fingerprint density at radius 3 is 2.35 bits per heavy atom. The molecule has 0 aliphatic heterocycles. The molecule has 0 fully saturated rings. The largest absolute Gasteiger partial charge is 0.339 e. The number of hydrogen-bond donors (Lipinski definition) is 1. The molecule has 0 aliphatic rings. The lowest BCUT2D eigenvalue weighted by molar-refractivity contribution is -0.116. The Morgan fingerprint density at radius 2 is 1.69 bits per heavy atom. The number of nitrogens with one attached hydrogen (secondary N) is 1. The molecule has 26 heavy (non-hydrogen) atoms. The van der Waals surface area contributed by atoms with Crippen molar-refractivity contribution in [3.05, 3.63) is 65.5 Å². The van der Waals surface area contributed by atoms with Gasteiger partial charge in [-0.25, -0.2) is 0 Å².